The van der Waals surface area contributed by atoms with E-state index in [1.54, 1.807) is 46.0 Å². The molecule has 1 saturated heterocycles. The maximum absolute atomic E-state index is 14.2. The first-order valence-electron chi connectivity index (χ1n) is 17.4. The van der Waals surface area contributed by atoms with E-state index >= 15 is 0 Å². The molecule has 4 amide bonds. The average molecular weight is 683 g/mol. The first-order valence-corrected chi connectivity index (χ1v) is 17.4. The molecule has 2 fully saturated rings. The van der Waals surface area contributed by atoms with Crippen LogP contribution in [-0.4, -0.2) is 100 Å². The van der Waals surface area contributed by atoms with Crippen molar-refractivity contribution < 1.29 is 33.8 Å². The van der Waals surface area contributed by atoms with Crippen molar-refractivity contribution in [3.8, 4) is 0 Å². The van der Waals surface area contributed by atoms with Gasteiger partial charge in [-0.05, 0) is 45.1 Å². The van der Waals surface area contributed by atoms with Crippen LogP contribution in [-0.2, 0) is 36.7 Å². The number of aromatic amines is 1. The van der Waals surface area contributed by atoms with Crippen LogP contribution in [0.1, 0.15) is 77.0 Å². The zero-order valence-corrected chi connectivity index (χ0v) is 29.4. The molecule has 13 heteroatoms. The van der Waals surface area contributed by atoms with Crippen LogP contribution >= 0.6 is 0 Å². The van der Waals surface area contributed by atoms with Gasteiger partial charge in [-0.15, -0.1) is 0 Å². The average Bonchev–Trinajstić information content (AvgIpc) is 3.67. The Morgan fingerprint density at radius 3 is 2.33 bits per heavy atom. The van der Waals surface area contributed by atoms with Gasteiger partial charge in [-0.3, -0.25) is 14.4 Å². The van der Waals surface area contributed by atoms with Crippen molar-refractivity contribution in [1.29, 1.82) is 0 Å². The van der Waals surface area contributed by atoms with Crippen molar-refractivity contribution >= 4 is 23.8 Å². The lowest BCUT2D eigenvalue weighted by Gasteiger charge is -2.33. The van der Waals surface area contributed by atoms with Crippen molar-refractivity contribution in [3.63, 3.8) is 0 Å². The van der Waals surface area contributed by atoms with Crippen molar-refractivity contribution in [3.05, 3.63) is 54.1 Å². The number of amides is 4. The summed E-state index contributed by atoms with van der Waals surface area (Å²) in [5, 5.41) is 20.3. The lowest BCUT2D eigenvalue weighted by molar-refractivity contribution is -0.136. The Kier molecular flexibility index (Phi) is 13.6. The SMILES string of the molecule is COC[C@@H]1C[C@@H]([C@H](O)[C@@H](CC2CCCCC2)NC(=O)[C@H](Cc2cnc[nH]2)NC(=O)[C@H](Cc2ccccc2)NC(=O)OC(C)(C)C)C(=O)N1C. The van der Waals surface area contributed by atoms with E-state index in [1.165, 1.54) is 6.33 Å². The Morgan fingerprint density at radius 1 is 1.02 bits per heavy atom. The first kappa shape index (κ1) is 37.8. The van der Waals surface area contributed by atoms with Gasteiger partial charge in [-0.1, -0.05) is 62.4 Å². The molecule has 4 rings (SSSR count). The number of aliphatic hydroxyl groups excluding tert-OH is 1. The molecule has 0 spiro atoms. The maximum Gasteiger partial charge on any atom is 0.408 e. The number of benzene rings is 1. The van der Waals surface area contributed by atoms with Crippen LogP contribution in [0.3, 0.4) is 0 Å². The Balaban J connectivity index is 1.57. The number of rotatable bonds is 15. The van der Waals surface area contributed by atoms with Crippen LogP contribution in [0.15, 0.2) is 42.9 Å². The molecule has 0 unspecified atom stereocenters. The van der Waals surface area contributed by atoms with Crippen LogP contribution in [0.2, 0.25) is 0 Å². The standard InChI is InChI=1S/C36H54N6O7/c1-36(2,3)49-35(47)41-29(17-24-14-10-7-11-15-24)32(44)40-30(18-25-20-37-22-38-25)33(45)39-28(16-23-12-8-6-9-13-23)31(43)27-19-26(21-48-5)42(4)34(27)46/h7,10-11,14-15,20,22-23,26-31,43H,6,8-9,12-13,16-19,21H2,1-5H3,(H,37,38)(H,39,45)(H,40,44)(H,41,47)/t26-,27-,28+,29-,30-,31-/m0/s1. The van der Waals surface area contributed by atoms with E-state index in [9.17, 15) is 24.3 Å². The topological polar surface area (TPSA) is 175 Å². The minimum Gasteiger partial charge on any atom is -0.444 e. The van der Waals surface area contributed by atoms with Crippen LogP contribution in [0.25, 0.3) is 0 Å². The van der Waals surface area contributed by atoms with Gasteiger partial charge in [0.1, 0.15) is 17.7 Å². The molecule has 1 aliphatic carbocycles. The quantitative estimate of drug-likeness (QED) is 0.191. The number of nitrogens with one attached hydrogen (secondary N) is 4. The third-order valence-electron chi connectivity index (χ3n) is 9.46. The second kappa shape index (κ2) is 17.6. The summed E-state index contributed by atoms with van der Waals surface area (Å²) in [6.45, 7) is 5.55. The van der Waals surface area contributed by atoms with Crippen LogP contribution in [0, 0.1) is 11.8 Å². The lowest BCUT2D eigenvalue weighted by Crippen LogP contribution is -2.58. The number of H-pyrrole nitrogens is 1. The highest BCUT2D eigenvalue weighted by Gasteiger charge is 2.45. The highest BCUT2D eigenvalue weighted by Crippen LogP contribution is 2.32. The minimum atomic E-state index is -1.13. The predicted molar refractivity (Wildman–Crippen MR) is 183 cm³/mol. The van der Waals surface area contributed by atoms with Gasteiger partial charge in [0.05, 0.1) is 37.0 Å². The van der Waals surface area contributed by atoms with E-state index in [-0.39, 0.29) is 30.7 Å². The second-order valence-electron chi connectivity index (χ2n) is 14.5. The van der Waals surface area contributed by atoms with Gasteiger partial charge in [-0.2, -0.15) is 0 Å². The molecule has 13 nitrogen and oxygen atoms in total. The first-order chi connectivity index (χ1) is 23.3. The molecular formula is C36H54N6O7. The van der Waals surface area contributed by atoms with E-state index in [0.717, 1.165) is 37.7 Å². The van der Waals surface area contributed by atoms with Crippen molar-refractivity contribution in [1.82, 2.24) is 30.8 Å². The lowest BCUT2D eigenvalue weighted by atomic mass is 9.81. The Morgan fingerprint density at radius 2 is 1.69 bits per heavy atom. The van der Waals surface area contributed by atoms with Gasteiger partial charge < -0.3 is 40.4 Å². The molecule has 1 aliphatic heterocycles. The number of hydrogen-bond donors (Lipinski definition) is 5. The molecule has 1 aromatic heterocycles. The van der Waals surface area contributed by atoms with E-state index < -0.39 is 53.7 Å². The summed E-state index contributed by atoms with van der Waals surface area (Å²) in [4.78, 5) is 62.9. The number of methoxy groups -OCH3 is 1. The number of nitrogens with zero attached hydrogens (tertiary/aromatic N) is 2. The molecule has 2 aliphatic rings. The zero-order valence-electron chi connectivity index (χ0n) is 29.4. The summed E-state index contributed by atoms with van der Waals surface area (Å²) in [7, 11) is 3.29. The Bertz CT molecular complexity index is 1360. The fourth-order valence-corrected chi connectivity index (χ4v) is 6.89. The Labute approximate surface area is 289 Å². The summed E-state index contributed by atoms with van der Waals surface area (Å²) in [6.07, 6.45) is 7.60. The number of likely N-dealkylation sites (N-methyl/N-ethyl adjacent to an activating group) is 1. The highest BCUT2D eigenvalue weighted by molar-refractivity contribution is 5.92. The molecule has 6 atom stereocenters. The van der Waals surface area contributed by atoms with Crippen LogP contribution in [0.5, 0.6) is 0 Å². The van der Waals surface area contributed by atoms with Gasteiger partial charge in [0.15, 0.2) is 0 Å². The summed E-state index contributed by atoms with van der Waals surface area (Å²) < 4.78 is 10.8. The second-order valence-corrected chi connectivity index (χ2v) is 14.5. The zero-order chi connectivity index (χ0) is 35.6. The molecule has 5 N–H and O–H groups in total. The number of aromatic nitrogens is 2. The highest BCUT2D eigenvalue weighted by atomic mass is 16.6. The predicted octanol–water partition coefficient (Wildman–Crippen LogP) is 2.88. The molecule has 2 heterocycles. The molecule has 1 aromatic carbocycles. The fraction of sp³-hybridized carbons (Fsp3) is 0.639. The normalized spacial score (nSPS) is 21.0. The van der Waals surface area contributed by atoms with Gasteiger partial charge in [-0.25, -0.2) is 9.78 Å². The number of ether oxygens (including phenoxy) is 2. The molecule has 0 bridgehead atoms. The van der Waals surface area contributed by atoms with E-state index in [1.807, 2.05) is 30.3 Å². The smallest absolute Gasteiger partial charge is 0.408 e. The number of carbonyl (C=O) groups excluding carboxylic acids is 4. The largest absolute Gasteiger partial charge is 0.444 e. The monoisotopic (exact) mass is 682 g/mol. The van der Waals surface area contributed by atoms with Gasteiger partial charge in [0.2, 0.25) is 17.7 Å². The molecular weight excluding hydrogens is 628 g/mol. The number of imidazole rings is 1. The number of likely N-dealkylation sites (tertiary alicyclic amines) is 1. The molecule has 0 radical (unpaired) electrons. The van der Waals surface area contributed by atoms with Crippen molar-refractivity contribution in [2.24, 2.45) is 11.8 Å². The van der Waals surface area contributed by atoms with Crippen LogP contribution in [0.4, 0.5) is 4.79 Å². The minimum absolute atomic E-state index is 0.0787. The van der Waals surface area contributed by atoms with E-state index in [0.29, 0.717) is 25.1 Å². The number of aliphatic hydroxyl groups is 1. The van der Waals surface area contributed by atoms with E-state index in [2.05, 4.69) is 25.9 Å². The summed E-state index contributed by atoms with van der Waals surface area (Å²) in [6, 6.07) is 6.21. The molecule has 49 heavy (non-hydrogen) atoms. The van der Waals surface area contributed by atoms with Crippen molar-refractivity contribution in [2.45, 2.75) is 114 Å². The molecule has 2 aromatic rings. The van der Waals surface area contributed by atoms with E-state index in [4.69, 9.17) is 9.47 Å². The third-order valence-corrected chi connectivity index (χ3v) is 9.46. The fourth-order valence-electron chi connectivity index (χ4n) is 6.89. The summed E-state index contributed by atoms with van der Waals surface area (Å²) in [5.74, 6) is -1.68. The van der Waals surface area contributed by atoms with Crippen molar-refractivity contribution in [2.75, 3.05) is 20.8 Å². The number of carbonyl (C=O) groups is 4. The van der Waals surface area contributed by atoms with Crippen LogP contribution < -0.4 is 16.0 Å². The summed E-state index contributed by atoms with van der Waals surface area (Å²) in [5.41, 5.74) is 0.634. The third kappa shape index (κ3) is 11.3. The number of hydrogen-bond acceptors (Lipinski definition) is 8. The van der Waals surface area contributed by atoms with Gasteiger partial charge in [0.25, 0.3) is 0 Å². The Hall–Kier alpha value is -3.97. The summed E-state index contributed by atoms with van der Waals surface area (Å²) >= 11 is 0. The number of alkyl carbamates (subject to hydrolysis) is 1. The maximum atomic E-state index is 14.2. The van der Waals surface area contributed by atoms with Gasteiger partial charge in [0, 0.05) is 38.9 Å². The molecule has 270 valence electrons. The molecule has 1 saturated carbocycles. The van der Waals surface area contributed by atoms with Gasteiger partial charge >= 0.3 is 6.09 Å².